The van der Waals surface area contributed by atoms with Crippen molar-refractivity contribution in [1.29, 1.82) is 0 Å². The molecule has 3 amide bonds. The van der Waals surface area contributed by atoms with E-state index in [2.05, 4.69) is 20.9 Å². The van der Waals surface area contributed by atoms with Crippen molar-refractivity contribution in [2.45, 2.75) is 4.90 Å². The number of thioether (sulfide) groups is 1. The van der Waals surface area contributed by atoms with Gasteiger partial charge in [0.2, 0.25) is 5.91 Å². The third-order valence-corrected chi connectivity index (χ3v) is 8.66. The Kier molecular flexibility index (Phi) is 9.83. The van der Waals surface area contributed by atoms with Gasteiger partial charge in [0.25, 0.3) is 11.8 Å². The van der Waals surface area contributed by atoms with Gasteiger partial charge < -0.3 is 16.0 Å². The monoisotopic (exact) mass is 630 g/mol. The van der Waals surface area contributed by atoms with Gasteiger partial charge in [0.05, 0.1) is 11.4 Å². The summed E-state index contributed by atoms with van der Waals surface area (Å²) in [6, 6.07) is 27.0. The first-order valence-corrected chi connectivity index (χ1v) is 15.7. The maximum absolute atomic E-state index is 13.1. The van der Waals surface area contributed by atoms with E-state index in [1.54, 1.807) is 48.5 Å². The summed E-state index contributed by atoms with van der Waals surface area (Å²) in [5, 5.41) is 13.2. The third kappa shape index (κ3) is 7.95. The van der Waals surface area contributed by atoms with Gasteiger partial charge in [0, 0.05) is 37.0 Å². The number of thiazole rings is 1. The lowest BCUT2D eigenvalue weighted by Gasteiger charge is -2.11. The number of benzene rings is 3. The number of aromatic nitrogens is 1. The predicted octanol–water partition coefficient (Wildman–Crippen LogP) is 7.67. The standard InChI is InChI=1S/C31H23ClN4O3S3/c32-25-11-5-4-10-24(25)27-18-42-31(35-27)36-28(37)19-41-22-14-12-21(13-15-22)33-30(39)26(17-23-9-6-16-40-23)34-29(38)20-7-2-1-3-8-20/h1-18H,19H2,(H,33,39)(H,34,38)(H,35,36,37)/b26-17-. The van der Waals surface area contributed by atoms with Crippen LogP contribution in [0.4, 0.5) is 10.8 Å². The Balaban J connectivity index is 1.16. The van der Waals surface area contributed by atoms with E-state index in [9.17, 15) is 14.4 Å². The molecule has 0 unspecified atom stereocenters. The summed E-state index contributed by atoms with van der Waals surface area (Å²) in [6.45, 7) is 0. The van der Waals surface area contributed by atoms with E-state index in [1.165, 1.54) is 34.4 Å². The number of nitrogens with zero attached hydrogens (tertiary/aromatic N) is 1. The van der Waals surface area contributed by atoms with Crippen LogP contribution in [0.3, 0.4) is 0 Å². The maximum atomic E-state index is 13.1. The average Bonchev–Trinajstić information content (AvgIpc) is 3.69. The van der Waals surface area contributed by atoms with E-state index in [-0.39, 0.29) is 23.3 Å². The molecule has 2 aromatic heterocycles. The molecular formula is C31H23ClN4O3S3. The molecule has 0 bridgehead atoms. The molecule has 2 heterocycles. The Morgan fingerprint density at radius 1 is 0.857 bits per heavy atom. The lowest BCUT2D eigenvalue weighted by atomic mass is 10.2. The molecule has 7 nitrogen and oxygen atoms in total. The Morgan fingerprint density at radius 3 is 2.36 bits per heavy atom. The number of anilines is 2. The van der Waals surface area contributed by atoms with E-state index < -0.39 is 5.91 Å². The van der Waals surface area contributed by atoms with Crippen molar-refractivity contribution in [3.8, 4) is 11.3 Å². The number of hydrogen-bond acceptors (Lipinski definition) is 7. The van der Waals surface area contributed by atoms with Gasteiger partial charge in [-0.05, 0) is 60.0 Å². The number of rotatable bonds is 10. The highest BCUT2D eigenvalue weighted by Gasteiger charge is 2.16. The molecule has 5 rings (SSSR count). The minimum atomic E-state index is -0.452. The smallest absolute Gasteiger partial charge is 0.272 e. The minimum Gasteiger partial charge on any atom is -0.321 e. The molecule has 0 saturated carbocycles. The zero-order valence-electron chi connectivity index (χ0n) is 21.9. The van der Waals surface area contributed by atoms with Crippen LogP contribution in [-0.4, -0.2) is 28.5 Å². The highest BCUT2D eigenvalue weighted by atomic mass is 35.5. The lowest BCUT2D eigenvalue weighted by molar-refractivity contribution is -0.114. The van der Waals surface area contributed by atoms with Crippen molar-refractivity contribution in [2.75, 3.05) is 16.4 Å². The van der Waals surface area contributed by atoms with Crippen LogP contribution in [0.2, 0.25) is 5.02 Å². The van der Waals surface area contributed by atoms with Crippen molar-refractivity contribution in [3.05, 3.63) is 123 Å². The number of hydrogen-bond donors (Lipinski definition) is 3. The summed E-state index contributed by atoms with van der Waals surface area (Å²) in [4.78, 5) is 44.5. The fraction of sp³-hybridized carbons (Fsp3) is 0.0323. The van der Waals surface area contributed by atoms with E-state index in [1.807, 2.05) is 59.3 Å². The van der Waals surface area contributed by atoms with Crippen molar-refractivity contribution in [1.82, 2.24) is 10.3 Å². The van der Waals surface area contributed by atoms with Gasteiger partial charge in [-0.15, -0.1) is 34.4 Å². The molecule has 0 spiro atoms. The second-order valence-electron chi connectivity index (χ2n) is 8.73. The normalized spacial score (nSPS) is 11.1. The SMILES string of the molecule is O=C(CSc1ccc(NC(=O)/C(=C/c2cccs2)NC(=O)c2ccccc2)cc1)Nc1nc(-c2ccccc2Cl)cs1. The first-order valence-electron chi connectivity index (χ1n) is 12.6. The Labute approximate surface area is 259 Å². The molecule has 0 atom stereocenters. The fourth-order valence-corrected chi connectivity index (χ4v) is 6.03. The van der Waals surface area contributed by atoms with Gasteiger partial charge in [-0.25, -0.2) is 4.98 Å². The molecule has 3 aromatic carbocycles. The quantitative estimate of drug-likeness (QED) is 0.109. The van der Waals surface area contributed by atoms with Crippen LogP contribution in [0.5, 0.6) is 0 Å². The van der Waals surface area contributed by atoms with Gasteiger partial charge in [0.1, 0.15) is 5.70 Å². The molecule has 0 radical (unpaired) electrons. The molecule has 3 N–H and O–H groups in total. The molecule has 5 aromatic rings. The van der Waals surface area contributed by atoms with Crippen LogP contribution in [0.25, 0.3) is 17.3 Å². The number of halogens is 1. The fourth-order valence-electron chi connectivity index (χ4n) is 3.72. The highest BCUT2D eigenvalue weighted by Crippen LogP contribution is 2.30. The second kappa shape index (κ2) is 14.1. The molecule has 0 fully saturated rings. The summed E-state index contributed by atoms with van der Waals surface area (Å²) >= 11 is 10.4. The zero-order valence-corrected chi connectivity index (χ0v) is 25.1. The lowest BCUT2D eigenvalue weighted by Crippen LogP contribution is -2.30. The first kappa shape index (κ1) is 29.3. The third-order valence-electron chi connectivity index (χ3n) is 5.74. The van der Waals surface area contributed by atoms with Gasteiger partial charge in [-0.2, -0.15) is 0 Å². The largest absolute Gasteiger partial charge is 0.321 e. The van der Waals surface area contributed by atoms with Crippen LogP contribution < -0.4 is 16.0 Å². The molecule has 0 aliphatic heterocycles. The van der Waals surface area contributed by atoms with Crippen LogP contribution >= 0.6 is 46.0 Å². The topological polar surface area (TPSA) is 100 Å². The number of nitrogens with one attached hydrogen (secondary N) is 3. The molecule has 210 valence electrons. The van der Waals surface area contributed by atoms with Crippen LogP contribution in [0, 0.1) is 0 Å². The van der Waals surface area contributed by atoms with Crippen molar-refractivity contribution in [3.63, 3.8) is 0 Å². The van der Waals surface area contributed by atoms with E-state index >= 15 is 0 Å². The summed E-state index contributed by atoms with van der Waals surface area (Å²) in [6.07, 6.45) is 1.64. The Hall–Kier alpha value is -4.22. The maximum Gasteiger partial charge on any atom is 0.272 e. The number of amides is 3. The number of carbonyl (C=O) groups is 3. The van der Waals surface area contributed by atoms with Gasteiger partial charge in [-0.3, -0.25) is 14.4 Å². The highest BCUT2D eigenvalue weighted by molar-refractivity contribution is 8.00. The summed E-state index contributed by atoms with van der Waals surface area (Å²) in [7, 11) is 0. The summed E-state index contributed by atoms with van der Waals surface area (Å²) in [5.74, 6) is -0.829. The van der Waals surface area contributed by atoms with Crippen molar-refractivity contribution >= 4 is 80.7 Å². The molecule has 0 saturated heterocycles. The van der Waals surface area contributed by atoms with Crippen molar-refractivity contribution < 1.29 is 14.4 Å². The van der Waals surface area contributed by atoms with Gasteiger partial charge in [0.15, 0.2) is 5.13 Å². The first-order chi connectivity index (χ1) is 20.4. The molecule has 0 aliphatic carbocycles. The molecular weight excluding hydrogens is 608 g/mol. The van der Waals surface area contributed by atoms with Crippen LogP contribution in [0.1, 0.15) is 15.2 Å². The molecule has 42 heavy (non-hydrogen) atoms. The van der Waals surface area contributed by atoms with E-state index in [0.29, 0.717) is 27.1 Å². The molecule has 11 heteroatoms. The van der Waals surface area contributed by atoms with Crippen molar-refractivity contribution in [2.24, 2.45) is 0 Å². The second-order valence-corrected chi connectivity index (χ2v) is 12.0. The number of carbonyl (C=O) groups excluding carboxylic acids is 3. The molecule has 0 aliphatic rings. The Bertz CT molecular complexity index is 1720. The van der Waals surface area contributed by atoms with E-state index in [4.69, 9.17) is 11.6 Å². The number of thiophene rings is 1. The summed E-state index contributed by atoms with van der Waals surface area (Å²) in [5.41, 5.74) is 2.64. The summed E-state index contributed by atoms with van der Waals surface area (Å²) < 4.78 is 0. The van der Waals surface area contributed by atoms with Crippen LogP contribution in [-0.2, 0) is 9.59 Å². The predicted molar refractivity (Wildman–Crippen MR) is 173 cm³/mol. The van der Waals surface area contributed by atoms with Gasteiger partial charge >= 0.3 is 0 Å². The van der Waals surface area contributed by atoms with Crippen LogP contribution in [0.15, 0.2) is 112 Å². The minimum absolute atomic E-state index is 0.126. The Morgan fingerprint density at radius 2 is 1.62 bits per heavy atom. The van der Waals surface area contributed by atoms with E-state index in [0.717, 1.165) is 15.3 Å². The zero-order chi connectivity index (χ0) is 29.3. The average molecular weight is 631 g/mol. The van der Waals surface area contributed by atoms with Gasteiger partial charge in [-0.1, -0.05) is 54.1 Å².